The molecule has 0 rings (SSSR count). The maximum Gasteiger partial charge on any atom is 0.472 e. The molecule has 0 aliphatic rings. The van der Waals surface area contributed by atoms with Gasteiger partial charge in [0.2, 0.25) is 0 Å². The standard InChI is InChI=1S/C79H144O17P2/c1-5-9-13-17-21-25-29-33-36-40-43-47-51-55-59-63-76(81)89-69-74(95-78(83)65-61-57-53-49-45-39-32-28-24-20-16-12-8-4)71-93-97(85,86)91-67-73(80)68-92-98(87,88)94-72-75(96-79(84)66-62-58-54-50-46-42-38-35-31-27-23-19-15-11-7-3)70-90-77(82)64-60-56-52-48-44-41-37-34-30-26-22-18-14-10-6-2/h23,25,27,29,33-38,73-75,80H,5-22,24,26,28,30-32,39-72H2,1-4H3,(H,85,86)(H,87,88)/b27-23-,29-25-,36-33-,37-34-,38-35-/t73-,74+,75+/m0/s1. The lowest BCUT2D eigenvalue weighted by molar-refractivity contribution is -0.161. The SMILES string of the molecule is CCCCC/C=C\C/C=C\CCCCCCCC(=O)O[C@H](COC(=O)CCCCCCC/C=C\CCCCCCCC)COP(=O)(O)OC[C@@H](O)COP(=O)(O)OC[C@@H](COC(=O)CCCCCCC/C=C\C=C/CCCCCC)OC(=O)CCCCCCCCCCCCCCC. The summed E-state index contributed by atoms with van der Waals surface area (Å²) in [5.41, 5.74) is 0. The zero-order valence-corrected chi connectivity index (χ0v) is 64.3. The number of ether oxygens (including phenoxy) is 4. The van der Waals surface area contributed by atoms with Gasteiger partial charge in [-0.1, -0.05) is 288 Å². The first kappa shape index (κ1) is 94.8. The number of carbonyl (C=O) groups excluding carboxylic acids is 4. The molecule has 0 saturated carbocycles. The van der Waals surface area contributed by atoms with Crippen LogP contribution in [0.3, 0.4) is 0 Å². The van der Waals surface area contributed by atoms with Gasteiger partial charge in [-0.15, -0.1) is 0 Å². The lowest BCUT2D eigenvalue weighted by Gasteiger charge is -2.21. The summed E-state index contributed by atoms with van der Waals surface area (Å²) in [5, 5.41) is 10.6. The Balaban J connectivity index is 5.34. The van der Waals surface area contributed by atoms with Gasteiger partial charge < -0.3 is 33.8 Å². The van der Waals surface area contributed by atoms with E-state index in [1.165, 1.54) is 135 Å². The van der Waals surface area contributed by atoms with Crippen LogP contribution in [0.2, 0.25) is 0 Å². The second kappa shape index (κ2) is 72.1. The van der Waals surface area contributed by atoms with Gasteiger partial charge in [0, 0.05) is 25.7 Å². The molecule has 572 valence electrons. The predicted molar refractivity (Wildman–Crippen MR) is 400 cm³/mol. The highest BCUT2D eigenvalue weighted by Gasteiger charge is 2.30. The van der Waals surface area contributed by atoms with Crippen LogP contribution < -0.4 is 0 Å². The summed E-state index contributed by atoms with van der Waals surface area (Å²) >= 11 is 0. The highest BCUT2D eigenvalue weighted by Crippen LogP contribution is 2.45. The van der Waals surface area contributed by atoms with Crippen LogP contribution in [0.4, 0.5) is 0 Å². The molecule has 0 spiro atoms. The van der Waals surface area contributed by atoms with Crippen LogP contribution in [0.25, 0.3) is 0 Å². The highest BCUT2D eigenvalue weighted by molar-refractivity contribution is 7.47. The topological polar surface area (TPSA) is 237 Å². The van der Waals surface area contributed by atoms with Crippen LogP contribution in [-0.4, -0.2) is 96.7 Å². The van der Waals surface area contributed by atoms with E-state index in [-0.39, 0.29) is 25.7 Å². The Morgan fingerprint density at radius 2 is 0.531 bits per heavy atom. The molecule has 5 atom stereocenters. The van der Waals surface area contributed by atoms with Crippen molar-refractivity contribution in [1.82, 2.24) is 0 Å². The molecule has 0 aromatic heterocycles. The fourth-order valence-corrected chi connectivity index (χ4v) is 12.5. The van der Waals surface area contributed by atoms with Crippen molar-refractivity contribution in [2.45, 2.75) is 380 Å². The number of carbonyl (C=O) groups is 4. The van der Waals surface area contributed by atoms with Gasteiger partial charge in [0.25, 0.3) is 0 Å². The lowest BCUT2D eigenvalue weighted by atomic mass is 10.0. The Labute approximate surface area is 597 Å². The molecule has 2 unspecified atom stereocenters. The van der Waals surface area contributed by atoms with Crippen LogP contribution in [0.1, 0.15) is 362 Å². The van der Waals surface area contributed by atoms with Gasteiger partial charge in [0.1, 0.15) is 19.3 Å². The molecular formula is C79H144O17P2. The van der Waals surface area contributed by atoms with E-state index < -0.39 is 97.5 Å². The summed E-state index contributed by atoms with van der Waals surface area (Å²) in [7, 11) is -9.94. The molecule has 0 saturated heterocycles. The number of hydrogen-bond donors (Lipinski definition) is 3. The lowest BCUT2D eigenvalue weighted by Crippen LogP contribution is -2.30. The molecule has 3 N–H and O–H groups in total. The van der Waals surface area contributed by atoms with Crippen molar-refractivity contribution in [2.75, 3.05) is 39.6 Å². The number of rotatable bonds is 75. The van der Waals surface area contributed by atoms with Crippen molar-refractivity contribution in [2.24, 2.45) is 0 Å². The molecule has 17 nitrogen and oxygen atoms in total. The Morgan fingerprint density at radius 1 is 0.296 bits per heavy atom. The van der Waals surface area contributed by atoms with E-state index in [1.54, 1.807) is 0 Å². The maximum atomic E-state index is 13.1. The summed E-state index contributed by atoms with van der Waals surface area (Å²) in [5.74, 6) is -2.18. The summed E-state index contributed by atoms with van der Waals surface area (Å²) in [6, 6.07) is 0. The quantitative estimate of drug-likeness (QED) is 0.0128. The number of phosphoric acid groups is 2. The predicted octanol–water partition coefficient (Wildman–Crippen LogP) is 22.7. The summed E-state index contributed by atoms with van der Waals surface area (Å²) in [4.78, 5) is 72.9. The van der Waals surface area contributed by atoms with Gasteiger partial charge >= 0.3 is 39.5 Å². The minimum absolute atomic E-state index is 0.0810. The minimum atomic E-state index is -4.97. The molecule has 19 heteroatoms. The maximum absolute atomic E-state index is 13.1. The van der Waals surface area contributed by atoms with Crippen molar-refractivity contribution in [1.29, 1.82) is 0 Å². The smallest absolute Gasteiger partial charge is 0.462 e. The van der Waals surface area contributed by atoms with Gasteiger partial charge in [-0.05, 0) is 109 Å². The number of unbranched alkanes of at least 4 members (excludes halogenated alkanes) is 40. The number of esters is 4. The highest BCUT2D eigenvalue weighted by atomic mass is 31.2. The molecular weight excluding hydrogens is 1280 g/mol. The van der Waals surface area contributed by atoms with Gasteiger partial charge in [0.15, 0.2) is 12.2 Å². The third-order valence-electron chi connectivity index (χ3n) is 17.0. The molecule has 0 aromatic carbocycles. The number of allylic oxidation sites excluding steroid dienone is 10. The van der Waals surface area contributed by atoms with Crippen LogP contribution in [-0.2, 0) is 65.4 Å². The normalized spacial score (nSPS) is 14.2. The van der Waals surface area contributed by atoms with E-state index in [4.69, 9.17) is 37.0 Å². The van der Waals surface area contributed by atoms with Crippen molar-refractivity contribution >= 4 is 39.5 Å². The first-order valence-electron chi connectivity index (χ1n) is 39.5. The molecule has 98 heavy (non-hydrogen) atoms. The fourth-order valence-electron chi connectivity index (χ4n) is 10.9. The zero-order chi connectivity index (χ0) is 71.8. The second-order valence-corrected chi connectivity index (χ2v) is 29.6. The molecule has 0 bridgehead atoms. The van der Waals surface area contributed by atoms with E-state index in [1.807, 2.05) is 0 Å². The molecule has 0 aliphatic heterocycles. The molecule has 0 aliphatic carbocycles. The third-order valence-corrected chi connectivity index (χ3v) is 18.9. The fraction of sp³-hybridized carbons (Fsp3) is 0.823. The third kappa shape index (κ3) is 71.2. The Morgan fingerprint density at radius 3 is 0.857 bits per heavy atom. The molecule has 0 heterocycles. The first-order chi connectivity index (χ1) is 47.7. The van der Waals surface area contributed by atoms with E-state index in [9.17, 15) is 43.2 Å². The van der Waals surface area contributed by atoms with Crippen LogP contribution in [0.15, 0.2) is 60.8 Å². The van der Waals surface area contributed by atoms with Crippen LogP contribution in [0, 0.1) is 0 Å². The largest absolute Gasteiger partial charge is 0.472 e. The number of hydrogen-bond acceptors (Lipinski definition) is 15. The molecule has 0 fully saturated rings. The van der Waals surface area contributed by atoms with Crippen molar-refractivity contribution in [3.63, 3.8) is 0 Å². The van der Waals surface area contributed by atoms with E-state index in [2.05, 4.69) is 88.5 Å². The van der Waals surface area contributed by atoms with Crippen molar-refractivity contribution < 1.29 is 80.2 Å². The average Bonchev–Trinajstić information content (AvgIpc) is 0.984. The van der Waals surface area contributed by atoms with E-state index >= 15 is 0 Å². The molecule has 0 amide bonds. The van der Waals surface area contributed by atoms with E-state index in [0.717, 1.165) is 148 Å². The van der Waals surface area contributed by atoms with Gasteiger partial charge in [0.05, 0.1) is 26.4 Å². The van der Waals surface area contributed by atoms with Crippen molar-refractivity contribution in [3.8, 4) is 0 Å². The first-order valence-corrected chi connectivity index (χ1v) is 42.5. The monoisotopic (exact) mass is 1430 g/mol. The van der Waals surface area contributed by atoms with Gasteiger partial charge in [-0.25, -0.2) is 9.13 Å². The zero-order valence-electron chi connectivity index (χ0n) is 62.5. The van der Waals surface area contributed by atoms with E-state index in [0.29, 0.717) is 25.7 Å². The summed E-state index contributed by atoms with van der Waals surface area (Å²) in [6.45, 7) is 4.84. The van der Waals surface area contributed by atoms with Crippen LogP contribution >= 0.6 is 15.6 Å². The van der Waals surface area contributed by atoms with Crippen molar-refractivity contribution in [3.05, 3.63) is 60.8 Å². The second-order valence-electron chi connectivity index (χ2n) is 26.7. The number of aliphatic hydroxyl groups excluding tert-OH is 1. The number of aliphatic hydroxyl groups is 1. The van der Waals surface area contributed by atoms with Crippen LogP contribution in [0.5, 0.6) is 0 Å². The number of phosphoric ester groups is 2. The summed E-state index contributed by atoms with van der Waals surface area (Å²) in [6.07, 6.45) is 70.5. The Bertz CT molecular complexity index is 2100. The van der Waals surface area contributed by atoms with Gasteiger partial charge in [-0.3, -0.25) is 37.3 Å². The summed E-state index contributed by atoms with van der Waals surface area (Å²) < 4.78 is 68.5. The average molecular weight is 1430 g/mol. The van der Waals surface area contributed by atoms with Gasteiger partial charge in [-0.2, -0.15) is 0 Å². The Hall–Kier alpha value is -3.24. The Kier molecular flexibility index (Phi) is 69.7. The molecule has 0 radical (unpaired) electrons. The molecule has 0 aromatic rings. The minimum Gasteiger partial charge on any atom is -0.462 e.